The Labute approximate surface area is 64.6 Å². The molecule has 10 heavy (non-hydrogen) atoms. The molecule has 0 aliphatic carbocycles. The van der Waals surface area contributed by atoms with Gasteiger partial charge >= 0.3 is 5.97 Å². The molecule has 0 aromatic rings. The topological polar surface area (TPSA) is 78.3 Å². The van der Waals surface area contributed by atoms with Gasteiger partial charge in [0.15, 0.2) is 0 Å². The summed E-state index contributed by atoms with van der Waals surface area (Å²) in [5.74, 6) is -0.602. The standard InChI is InChI=1S/C5H11ClN2O2/c6-10-5(9)4(8)2-1-3-7/h4H,1-3,7-8H2/t4-/m1/s1. The summed E-state index contributed by atoms with van der Waals surface area (Å²) >= 11 is 4.76. The van der Waals surface area contributed by atoms with Crippen LogP contribution in [0.3, 0.4) is 0 Å². The molecular weight excluding hydrogens is 156 g/mol. The molecule has 0 amide bonds. The van der Waals surface area contributed by atoms with Crippen molar-refractivity contribution in [1.29, 1.82) is 0 Å². The lowest BCUT2D eigenvalue weighted by molar-refractivity contribution is -0.135. The Kier molecular flexibility index (Phi) is 5.29. The highest BCUT2D eigenvalue weighted by atomic mass is 35.5. The van der Waals surface area contributed by atoms with Crippen LogP contribution in [0.4, 0.5) is 0 Å². The predicted octanol–water partition coefficient (Wildman–Crippen LogP) is -0.250. The molecule has 0 aromatic heterocycles. The van der Waals surface area contributed by atoms with Crippen molar-refractivity contribution in [2.45, 2.75) is 18.9 Å². The Morgan fingerprint density at radius 2 is 2.30 bits per heavy atom. The lowest BCUT2D eigenvalue weighted by Crippen LogP contribution is -2.31. The van der Waals surface area contributed by atoms with Gasteiger partial charge in [0.05, 0.1) is 0 Å². The first-order chi connectivity index (χ1) is 4.72. The fourth-order valence-corrected chi connectivity index (χ4v) is 0.627. The zero-order valence-electron chi connectivity index (χ0n) is 5.55. The number of carbonyl (C=O) groups is 1. The average Bonchev–Trinajstić information content (AvgIpc) is 1.98. The first-order valence-electron chi connectivity index (χ1n) is 3.00. The van der Waals surface area contributed by atoms with E-state index in [1.165, 1.54) is 0 Å². The molecule has 4 N–H and O–H groups in total. The van der Waals surface area contributed by atoms with Gasteiger partial charge in [0.1, 0.15) is 17.9 Å². The van der Waals surface area contributed by atoms with Gasteiger partial charge in [-0.1, -0.05) is 0 Å². The van der Waals surface area contributed by atoms with Gasteiger partial charge in [-0.25, -0.2) is 4.79 Å². The van der Waals surface area contributed by atoms with E-state index in [0.717, 1.165) is 0 Å². The zero-order chi connectivity index (χ0) is 7.98. The quantitative estimate of drug-likeness (QED) is 0.604. The summed E-state index contributed by atoms with van der Waals surface area (Å²) in [7, 11) is 0. The molecule has 0 rings (SSSR count). The largest absolute Gasteiger partial charge is 0.346 e. The third-order valence-corrected chi connectivity index (χ3v) is 1.25. The van der Waals surface area contributed by atoms with E-state index in [4.69, 9.17) is 23.3 Å². The number of nitrogens with two attached hydrogens (primary N) is 2. The summed E-state index contributed by atoms with van der Waals surface area (Å²) in [6.07, 6.45) is 1.22. The van der Waals surface area contributed by atoms with E-state index in [0.29, 0.717) is 19.4 Å². The molecule has 0 aliphatic rings. The fourth-order valence-electron chi connectivity index (χ4n) is 0.513. The number of rotatable bonds is 4. The van der Waals surface area contributed by atoms with Gasteiger partial charge in [0, 0.05) is 0 Å². The summed E-state index contributed by atoms with van der Waals surface area (Å²) in [6, 6.07) is -0.638. The highest BCUT2D eigenvalue weighted by molar-refractivity contribution is 6.13. The van der Waals surface area contributed by atoms with Crippen molar-refractivity contribution in [3.63, 3.8) is 0 Å². The molecule has 0 bridgehead atoms. The van der Waals surface area contributed by atoms with Crippen molar-refractivity contribution >= 4 is 17.8 Å². The molecule has 0 radical (unpaired) electrons. The van der Waals surface area contributed by atoms with Crippen molar-refractivity contribution in [1.82, 2.24) is 0 Å². The minimum absolute atomic E-state index is 0.516. The summed E-state index contributed by atoms with van der Waals surface area (Å²) in [4.78, 5) is 10.5. The molecule has 60 valence electrons. The highest BCUT2D eigenvalue weighted by Gasteiger charge is 2.12. The monoisotopic (exact) mass is 166 g/mol. The molecule has 0 unspecified atom stereocenters. The smallest absolute Gasteiger partial charge is 0.341 e. The second kappa shape index (κ2) is 5.46. The van der Waals surface area contributed by atoms with Crippen molar-refractivity contribution < 1.29 is 9.08 Å². The van der Waals surface area contributed by atoms with Crippen molar-refractivity contribution in [2.24, 2.45) is 11.5 Å². The molecule has 0 aromatic carbocycles. The molecule has 1 atom stereocenters. The van der Waals surface area contributed by atoms with E-state index in [1.807, 2.05) is 0 Å². The summed E-state index contributed by atoms with van der Waals surface area (Å²) in [6.45, 7) is 0.517. The van der Waals surface area contributed by atoms with Crippen LogP contribution in [-0.4, -0.2) is 18.6 Å². The van der Waals surface area contributed by atoms with Crippen molar-refractivity contribution in [2.75, 3.05) is 6.54 Å². The molecular formula is C5H11ClN2O2. The van der Waals surface area contributed by atoms with Crippen LogP contribution in [0.1, 0.15) is 12.8 Å². The summed E-state index contributed by atoms with van der Waals surface area (Å²) in [5, 5.41) is 0. The lowest BCUT2D eigenvalue weighted by atomic mass is 10.2. The summed E-state index contributed by atoms with van der Waals surface area (Å²) in [5.41, 5.74) is 10.5. The molecule has 0 fully saturated rings. The third kappa shape index (κ3) is 3.66. The number of hydrogen-bond donors (Lipinski definition) is 2. The Balaban J connectivity index is 3.41. The van der Waals surface area contributed by atoms with Gasteiger partial charge in [0.2, 0.25) is 0 Å². The van der Waals surface area contributed by atoms with Crippen molar-refractivity contribution in [3.8, 4) is 0 Å². The summed E-state index contributed by atoms with van der Waals surface area (Å²) < 4.78 is 3.88. The minimum Gasteiger partial charge on any atom is -0.346 e. The molecule has 0 saturated heterocycles. The fraction of sp³-hybridized carbons (Fsp3) is 0.800. The van der Waals surface area contributed by atoms with Gasteiger partial charge in [-0.3, -0.25) is 0 Å². The van der Waals surface area contributed by atoms with E-state index in [1.54, 1.807) is 0 Å². The van der Waals surface area contributed by atoms with Crippen LogP contribution < -0.4 is 11.5 Å². The van der Waals surface area contributed by atoms with E-state index in [2.05, 4.69) is 4.29 Å². The average molecular weight is 167 g/mol. The normalized spacial score (nSPS) is 12.7. The van der Waals surface area contributed by atoms with Crippen LogP contribution in [0.5, 0.6) is 0 Å². The Morgan fingerprint density at radius 1 is 1.70 bits per heavy atom. The number of hydrogen-bond acceptors (Lipinski definition) is 4. The van der Waals surface area contributed by atoms with Gasteiger partial charge in [-0.2, -0.15) is 0 Å². The molecule has 0 spiro atoms. The van der Waals surface area contributed by atoms with Gasteiger partial charge in [-0.15, -0.1) is 0 Å². The van der Waals surface area contributed by atoms with Crippen molar-refractivity contribution in [3.05, 3.63) is 0 Å². The molecule has 0 aliphatic heterocycles. The van der Waals surface area contributed by atoms with Crippen LogP contribution in [-0.2, 0) is 9.08 Å². The zero-order valence-corrected chi connectivity index (χ0v) is 6.30. The number of carbonyl (C=O) groups excluding carboxylic acids is 1. The Morgan fingerprint density at radius 3 is 2.70 bits per heavy atom. The Bertz CT molecular complexity index is 110. The predicted molar refractivity (Wildman–Crippen MR) is 38.2 cm³/mol. The number of halogens is 1. The SMILES string of the molecule is NCCC[C@@H](N)C(=O)OCl. The van der Waals surface area contributed by atoms with Crippen LogP contribution in [0, 0.1) is 0 Å². The molecule has 4 nitrogen and oxygen atoms in total. The maximum atomic E-state index is 10.5. The maximum Gasteiger partial charge on any atom is 0.341 e. The van der Waals surface area contributed by atoms with Gasteiger partial charge < -0.3 is 15.8 Å². The third-order valence-electron chi connectivity index (χ3n) is 1.10. The van der Waals surface area contributed by atoms with Crippen LogP contribution in [0.2, 0.25) is 0 Å². The first-order valence-corrected chi connectivity index (χ1v) is 3.31. The second-order valence-corrected chi connectivity index (χ2v) is 2.09. The second-order valence-electron chi connectivity index (χ2n) is 1.93. The van der Waals surface area contributed by atoms with E-state index in [9.17, 15) is 4.79 Å². The van der Waals surface area contributed by atoms with E-state index < -0.39 is 12.0 Å². The molecule has 5 heteroatoms. The first kappa shape index (κ1) is 9.68. The maximum absolute atomic E-state index is 10.5. The molecule has 0 saturated carbocycles. The van der Waals surface area contributed by atoms with Crippen LogP contribution >= 0.6 is 11.9 Å². The van der Waals surface area contributed by atoms with E-state index in [-0.39, 0.29) is 0 Å². The minimum atomic E-state index is -0.638. The Hall–Kier alpha value is -0.320. The highest BCUT2D eigenvalue weighted by Crippen LogP contribution is 1.96. The van der Waals surface area contributed by atoms with Crippen LogP contribution in [0.25, 0.3) is 0 Å². The van der Waals surface area contributed by atoms with Gasteiger partial charge in [-0.05, 0) is 19.4 Å². The van der Waals surface area contributed by atoms with Crippen LogP contribution in [0.15, 0.2) is 0 Å². The van der Waals surface area contributed by atoms with Gasteiger partial charge in [0.25, 0.3) is 0 Å². The lowest BCUT2D eigenvalue weighted by Gasteiger charge is -2.04. The molecule has 0 heterocycles. The van der Waals surface area contributed by atoms with E-state index >= 15 is 0 Å².